The zero-order valence-electron chi connectivity index (χ0n) is 21.3. The number of aryl methyl sites for hydroxylation is 2. The molecule has 0 aliphatic rings. The van der Waals surface area contributed by atoms with Gasteiger partial charge in [0, 0.05) is 41.7 Å². The third-order valence-electron chi connectivity index (χ3n) is 6.21. The molecular formula is C29H28FN3O4. The number of nitrogens with zero attached hydrogens (tertiary/aromatic N) is 1. The lowest BCUT2D eigenvalue weighted by Gasteiger charge is -2.20. The number of rotatable bonds is 6. The van der Waals surface area contributed by atoms with E-state index < -0.39 is 17.8 Å². The van der Waals surface area contributed by atoms with Gasteiger partial charge in [0.25, 0.3) is 0 Å². The van der Waals surface area contributed by atoms with Crippen LogP contribution in [0, 0.1) is 19.7 Å². The van der Waals surface area contributed by atoms with Gasteiger partial charge in [0.1, 0.15) is 22.7 Å². The number of methoxy groups -OCH3 is 1. The van der Waals surface area contributed by atoms with Crippen LogP contribution in [0.4, 0.5) is 15.8 Å². The highest BCUT2D eigenvalue weighted by atomic mass is 19.1. The van der Waals surface area contributed by atoms with Gasteiger partial charge in [0.05, 0.1) is 24.2 Å². The van der Waals surface area contributed by atoms with E-state index in [-0.39, 0.29) is 16.7 Å². The number of ether oxygens (including phenoxy) is 1. The normalized spacial score (nSPS) is 12.2. The van der Waals surface area contributed by atoms with Crippen LogP contribution in [0.1, 0.15) is 45.6 Å². The van der Waals surface area contributed by atoms with E-state index in [9.17, 15) is 14.0 Å². The zero-order valence-corrected chi connectivity index (χ0v) is 21.3. The molecule has 4 aromatic rings. The van der Waals surface area contributed by atoms with E-state index in [1.54, 1.807) is 25.4 Å². The highest BCUT2D eigenvalue weighted by Crippen LogP contribution is 2.33. The van der Waals surface area contributed by atoms with Gasteiger partial charge in [-0.25, -0.2) is 9.18 Å². The predicted molar refractivity (Wildman–Crippen MR) is 145 cm³/mol. The minimum absolute atomic E-state index is 0.196. The van der Waals surface area contributed by atoms with Crippen molar-refractivity contribution in [2.45, 2.75) is 26.8 Å². The smallest absolute Gasteiger partial charge is 0.342 e. The third-order valence-corrected chi connectivity index (χ3v) is 6.21. The molecule has 1 unspecified atom stereocenters. The first kappa shape index (κ1) is 25.6. The van der Waals surface area contributed by atoms with Gasteiger partial charge in [-0.3, -0.25) is 9.79 Å². The average molecular weight is 502 g/mol. The van der Waals surface area contributed by atoms with Crippen LogP contribution in [0.5, 0.6) is 0 Å². The Labute approximate surface area is 213 Å². The fourth-order valence-corrected chi connectivity index (χ4v) is 4.38. The van der Waals surface area contributed by atoms with Crippen LogP contribution in [0.25, 0.3) is 22.3 Å². The van der Waals surface area contributed by atoms with Crippen LogP contribution >= 0.6 is 0 Å². The fraction of sp³-hybridized carbons (Fsp3) is 0.207. The summed E-state index contributed by atoms with van der Waals surface area (Å²) in [5.74, 6) is -1.11. The molecule has 190 valence electrons. The third kappa shape index (κ3) is 4.95. The molecule has 0 bridgehead atoms. The van der Waals surface area contributed by atoms with E-state index in [2.05, 4.69) is 10.3 Å². The molecule has 1 aromatic heterocycles. The Hall–Kier alpha value is -4.46. The Balaban J connectivity index is 1.87. The van der Waals surface area contributed by atoms with Gasteiger partial charge < -0.3 is 20.2 Å². The molecule has 8 heteroatoms. The van der Waals surface area contributed by atoms with Gasteiger partial charge in [-0.1, -0.05) is 12.1 Å². The molecule has 3 aromatic carbocycles. The summed E-state index contributed by atoms with van der Waals surface area (Å²) >= 11 is 0. The predicted octanol–water partition coefficient (Wildman–Crippen LogP) is 5.81. The van der Waals surface area contributed by atoms with Crippen LogP contribution in [0.3, 0.4) is 0 Å². The Morgan fingerprint density at radius 2 is 1.95 bits per heavy atom. The SMILES string of the molecule is CN=Cc1cc(-c2cc(=O)c3cc(C)cc(C(C)Nc4cccc(F)c4C(=O)OC)c3o2)cc(C)c1N. The summed E-state index contributed by atoms with van der Waals surface area (Å²) in [4.78, 5) is 29.5. The number of anilines is 2. The van der Waals surface area contributed by atoms with Crippen LogP contribution in [0.15, 0.2) is 62.7 Å². The summed E-state index contributed by atoms with van der Waals surface area (Å²) in [6.07, 6.45) is 1.66. The van der Waals surface area contributed by atoms with E-state index >= 15 is 0 Å². The van der Waals surface area contributed by atoms with Crippen molar-refractivity contribution in [3.63, 3.8) is 0 Å². The molecule has 0 saturated heterocycles. The maximum absolute atomic E-state index is 14.5. The molecule has 1 heterocycles. The minimum atomic E-state index is -0.791. The zero-order chi connectivity index (χ0) is 26.9. The lowest BCUT2D eigenvalue weighted by atomic mass is 9.99. The number of nitrogens with two attached hydrogens (primary N) is 1. The van der Waals surface area contributed by atoms with Gasteiger partial charge >= 0.3 is 5.97 Å². The molecule has 0 radical (unpaired) electrons. The molecule has 0 spiro atoms. The van der Waals surface area contributed by atoms with Crippen molar-refractivity contribution < 1.29 is 18.3 Å². The first-order chi connectivity index (χ1) is 17.6. The highest BCUT2D eigenvalue weighted by molar-refractivity contribution is 5.96. The summed E-state index contributed by atoms with van der Waals surface area (Å²) in [6.45, 7) is 5.60. The van der Waals surface area contributed by atoms with Gasteiger partial charge in [0.2, 0.25) is 0 Å². The summed E-state index contributed by atoms with van der Waals surface area (Å²) in [5, 5.41) is 3.61. The standard InChI is InChI=1S/C29H28FN3O4/c1-15-9-20(17(3)33-23-8-6-7-22(30)26(23)29(35)36-5)28-21(10-15)24(34)13-25(37-28)18-11-16(2)27(31)19(12-18)14-32-4/h6-14,17,33H,31H2,1-5H3. The highest BCUT2D eigenvalue weighted by Gasteiger charge is 2.21. The van der Waals surface area contributed by atoms with Crippen LogP contribution in [0.2, 0.25) is 0 Å². The van der Waals surface area contributed by atoms with Crippen molar-refractivity contribution in [3.8, 4) is 11.3 Å². The number of esters is 1. The second kappa shape index (κ2) is 10.3. The Bertz CT molecular complexity index is 1610. The molecule has 37 heavy (non-hydrogen) atoms. The van der Waals surface area contributed by atoms with E-state index in [0.29, 0.717) is 33.5 Å². The second-order valence-corrected chi connectivity index (χ2v) is 8.91. The van der Waals surface area contributed by atoms with Crippen molar-refractivity contribution in [3.05, 3.63) is 92.4 Å². The molecule has 3 N–H and O–H groups in total. The molecule has 4 rings (SSSR count). The summed E-state index contributed by atoms with van der Waals surface area (Å²) in [6, 6.07) is 12.7. The Morgan fingerprint density at radius 3 is 2.65 bits per heavy atom. The monoisotopic (exact) mass is 501 g/mol. The largest absolute Gasteiger partial charge is 0.465 e. The van der Waals surface area contributed by atoms with E-state index in [4.69, 9.17) is 14.9 Å². The molecule has 0 aliphatic carbocycles. The minimum Gasteiger partial charge on any atom is -0.465 e. The quantitative estimate of drug-likeness (QED) is 0.196. The first-order valence-electron chi connectivity index (χ1n) is 11.7. The van der Waals surface area contributed by atoms with Crippen LogP contribution in [-0.2, 0) is 4.74 Å². The van der Waals surface area contributed by atoms with Gasteiger partial charge in [0.15, 0.2) is 5.43 Å². The fourth-order valence-electron chi connectivity index (χ4n) is 4.38. The van der Waals surface area contributed by atoms with E-state index in [1.165, 1.54) is 25.3 Å². The average Bonchev–Trinajstić information content (AvgIpc) is 2.86. The molecule has 0 aliphatic heterocycles. The summed E-state index contributed by atoms with van der Waals surface area (Å²) in [5.41, 5.74) is 10.8. The van der Waals surface area contributed by atoms with Crippen LogP contribution < -0.4 is 16.5 Å². The van der Waals surface area contributed by atoms with Crippen LogP contribution in [-0.4, -0.2) is 26.3 Å². The van der Waals surface area contributed by atoms with E-state index in [1.807, 2.05) is 39.0 Å². The maximum atomic E-state index is 14.5. The number of benzene rings is 3. The van der Waals surface area contributed by atoms with Crippen molar-refractivity contribution in [2.24, 2.45) is 4.99 Å². The number of halogens is 1. The molecule has 1 atom stereocenters. The topological polar surface area (TPSA) is 107 Å². The van der Waals surface area contributed by atoms with Crippen molar-refractivity contribution in [1.82, 2.24) is 0 Å². The lowest BCUT2D eigenvalue weighted by Crippen LogP contribution is -2.14. The number of carbonyl (C=O) groups excluding carboxylic acids is 1. The number of aliphatic imine (C=N–C) groups is 1. The van der Waals surface area contributed by atoms with Crippen molar-refractivity contribution in [1.29, 1.82) is 0 Å². The van der Waals surface area contributed by atoms with Gasteiger partial charge in [-0.15, -0.1) is 0 Å². The van der Waals surface area contributed by atoms with E-state index in [0.717, 1.165) is 16.7 Å². The molecule has 7 nitrogen and oxygen atoms in total. The van der Waals surface area contributed by atoms with Crippen molar-refractivity contribution in [2.75, 3.05) is 25.2 Å². The first-order valence-corrected chi connectivity index (χ1v) is 11.7. The van der Waals surface area contributed by atoms with Gasteiger partial charge in [-0.05, 0) is 62.2 Å². The Kier molecular flexibility index (Phi) is 7.11. The maximum Gasteiger partial charge on any atom is 0.342 e. The Morgan fingerprint density at radius 1 is 1.19 bits per heavy atom. The summed E-state index contributed by atoms with van der Waals surface area (Å²) in [7, 11) is 2.85. The number of fused-ring (bicyclic) bond motifs is 1. The summed E-state index contributed by atoms with van der Waals surface area (Å²) < 4.78 is 25.6. The number of hydrogen-bond donors (Lipinski definition) is 2. The van der Waals surface area contributed by atoms with Crippen molar-refractivity contribution >= 4 is 34.5 Å². The second-order valence-electron chi connectivity index (χ2n) is 8.91. The molecule has 0 fully saturated rings. The molecule has 0 amide bonds. The lowest BCUT2D eigenvalue weighted by molar-refractivity contribution is 0.0596. The number of nitrogen functional groups attached to an aromatic ring is 1. The van der Waals surface area contributed by atoms with Gasteiger partial charge in [-0.2, -0.15) is 0 Å². The molecular weight excluding hydrogens is 473 g/mol. The number of nitrogens with one attached hydrogen (secondary N) is 1. The molecule has 0 saturated carbocycles. The number of hydrogen-bond acceptors (Lipinski definition) is 7. The number of carbonyl (C=O) groups is 1.